The molecule has 0 saturated carbocycles. The first-order valence-electron chi connectivity index (χ1n) is 10.4. The fraction of sp³-hybridized carbons (Fsp3) is 0.318. The Morgan fingerprint density at radius 3 is 2.24 bits per heavy atom. The Hall–Kier alpha value is -3.09. The third-order valence-electron chi connectivity index (χ3n) is 5.26. The van der Waals surface area contributed by atoms with Crippen LogP contribution in [0, 0.1) is 0 Å². The molecule has 184 valence electrons. The summed E-state index contributed by atoms with van der Waals surface area (Å²) in [7, 11) is -5.46. The minimum absolute atomic E-state index is 0.0241. The van der Waals surface area contributed by atoms with Gasteiger partial charge in [0.1, 0.15) is 16.4 Å². The summed E-state index contributed by atoms with van der Waals surface area (Å²) in [6.45, 7) is 0.812. The minimum atomic E-state index is -4.28. The Kier molecular flexibility index (Phi) is 7.85. The first-order valence-corrected chi connectivity index (χ1v) is 13.3. The summed E-state index contributed by atoms with van der Waals surface area (Å²) in [6, 6.07) is 8.13. The fourth-order valence-corrected chi connectivity index (χ4v) is 6.37. The van der Waals surface area contributed by atoms with Crippen molar-refractivity contribution in [3.8, 4) is 11.5 Å². The van der Waals surface area contributed by atoms with Crippen LogP contribution in [-0.4, -0.2) is 59.5 Å². The molecule has 2 N–H and O–H groups in total. The van der Waals surface area contributed by atoms with Crippen LogP contribution in [0.1, 0.15) is 24.8 Å². The third kappa shape index (κ3) is 5.69. The van der Waals surface area contributed by atoms with Crippen molar-refractivity contribution >= 4 is 37.8 Å². The van der Waals surface area contributed by atoms with E-state index in [0.29, 0.717) is 18.7 Å². The summed E-state index contributed by atoms with van der Waals surface area (Å²) in [4.78, 5) is 10.5. The standard InChI is InChI=1S/C22H26N2O8S2/c1-31-19-10-8-17(34(29,30)24-12-4-3-5-13-24)15-18(19)23-33(27,28)21-14-16(7-11-22(25)26)6-9-20(21)32-2/h6-11,14-15,23H,3-5,12-13H2,1-2H3,(H,25,26)/b11-7+. The summed E-state index contributed by atoms with van der Waals surface area (Å²) in [6.07, 6.45) is 4.61. The van der Waals surface area contributed by atoms with E-state index >= 15 is 0 Å². The second-order valence-electron chi connectivity index (χ2n) is 7.51. The van der Waals surface area contributed by atoms with Crippen molar-refractivity contribution in [1.82, 2.24) is 4.31 Å². The van der Waals surface area contributed by atoms with E-state index in [4.69, 9.17) is 14.6 Å². The molecule has 34 heavy (non-hydrogen) atoms. The molecule has 0 atom stereocenters. The number of carboxylic acids is 1. The van der Waals surface area contributed by atoms with E-state index in [-0.39, 0.29) is 27.0 Å². The van der Waals surface area contributed by atoms with Gasteiger partial charge in [-0.15, -0.1) is 0 Å². The van der Waals surface area contributed by atoms with Crippen LogP contribution in [0.4, 0.5) is 5.69 Å². The molecular weight excluding hydrogens is 484 g/mol. The number of methoxy groups -OCH3 is 2. The fourth-order valence-electron chi connectivity index (χ4n) is 3.56. The molecule has 0 bridgehead atoms. The maximum absolute atomic E-state index is 13.3. The Balaban J connectivity index is 2.02. The number of benzene rings is 2. The Bertz CT molecular complexity index is 1300. The lowest BCUT2D eigenvalue weighted by Gasteiger charge is -2.26. The maximum Gasteiger partial charge on any atom is 0.328 e. The van der Waals surface area contributed by atoms with Crippen LogP contribution in [-0.2, 0) is 24.8 Å². The van der Waals surface area contributed by atoms with E-state index in [1.54, 1.807) is 0 Å². The van der Waals surface area contributed by atoms with Gasteiger partial charge < -0.3 is 14.6 Å². The van der Waals surface area contributed by atoms with E-state index in [1.807, 2.05) is 0 Å². The van der Waals surface area contributed by atoms with Gasteiger partial charge in [0.2, 0.25) is 10.0 Å². The molecule has 2 aromatic rings. The SMILES string of the molecule is COc1ccc(S(=O)(=O)N2CCCCC2)cc1NS(=O)(=O)c1cc(/C=C/C(=O)O)ccc1OC. The Morgan fingerprint density at radius 2 is 1.62 bits per heavy atom. The molecular formula is C22H26N2O8S2. The molecule has 1 aliphatic heterocycles. The second kappa shape index (κ2) is 10.5. The predicted molar refractivity (Wildman–Crippen MR) is 126 cm³/mol. The summed E-state index contributed by atoms with van der Waals surface area (Å²) >= 11 is 0. The van der Waals surface area contributed by atoms with Gasteiger partial charge in [-0.2, -0.15) is 4.31 Å². The maximum atomic E-state index is 13.3. The Labute approximate surface area is 198 Å². The summed E-state index contributed by atoms with van der Waals surface area (Å²) in [5.41, 5.74) is 0.256. The zero-order chi connectivity index (χ0) is 24.9. The molecule has 0 amide bonds. The molecule has 0 radical (unpaired) electrons. The van der Waals surface area contributed by atoms with Crippen LogP contribution in [0.5, 0.6) is 11.5 Å². The van der Waals surface area contributed by atoms with Gasteiger partial charge in [-0.05, 0) is 54.8 Å². The number of carboxylic acid groups (broad SMARTS) is 1. The van der Waals surface area contributed by atoms with Gasteiger partial charge in [-0.1, -0.05) is 12.5 Å². The van der Waals surface area contributed by atoms with Gasteiger partial charge in [0.25, 0.3) is 10.0 Å². The predicted octanol–water partition coefficient (Wildman–Crippen LogP) is 2.78. The normalized spacial score (nSPS) is 15.2. The number of carbonyl (C=O) groups is 1. The zero-order valence-corrected chi connectivity index (χ0v) is 20.4. The Morgan fingerprint density at radius 1 is 0.971 bits per heavy atom. The highest BCUT2D eigenvalue weighted by molar-refractivity contribution is 7.93. The quantitative estimate of drug-likeness (QED) is 0.491. The van der Waals surface area contributed by atoms with Crippen molar-refractivity contribution in [1.29, 1.82) is 0 Å². The molecule has 0 aromatic heterocycles. The number of hydrogen-bond acceptors (Lipinski definition) is 7. The zero-order valence-electron chi connectivity index (χ0n) is 18.7. The topological polar surface area (TPSA) is 139 Å². The number of hydrogen-bond donors (Lipinski definition) is 2. The van der Waals surface area contributed by atoms with Crippen LogP contribution in [0.3, 0.4) is 0 Å². The van der Waals surface area contributed by atoms with Gasteiger partial charge in [0.05, 0.1) is 24.8 Å². The molecule has 1 heterocycles. The first-order chi connectivity index (χ1) is 16.1. The van der Waals surface area contributed by atoms with Crippen LogP contribution in [0.2, 0.25) is 0 Å². The van der Waals surface area contributed by atoms with Gasteiger partial charge >= 0.3 is 5.97 Å². The summed E-state index contributed by atoms with van der Waals surface area (Å²) in [5.74, 6) is -1.03. The number of aliphatic carboxylic acids is 1. The molecule has 1 saturated heterocycles. The monoisotopic (exact) mass is 510 g/mol. The van der Waals surface area contributed by atoms with Crippen molar-refractivity contribution in [2.75, 3.05) is 32.0 Å². The lowest BCUT2D eigenvalue weighted by Crippen LogP contribution is -2.35. The molecule has 3 rings (SSSR count). The number of piperidine rings is 1. The van der Waals surface area contributed by atoms with Crippen molar-refractivity contribution in [2.45, 2.75) is 29.1 Å². The lowest BCUT2D eigenvalue weighted by atomic mass is 10.2. The number of anilines is 1. The van der Waals surface area contributed by atoms with E-state index in [1.165, 1.54) is 61.0 Å². The van der Waals surface area contributed by atoms with Crippen molar-refractivity contribution in [2.24, 2.45) is 0 Å². The highest BCUT2D eigenvalue weighted by Gasteiger charge is 2.28. The van der Waals surface area contributed by atoms with Crippen molar-refractivity contribution in [3.63, 3.8) is 0 Å². The molecule has 2 aromatic carbocycles. The highest BCUT2D eigenvalue weighted by Crippen LogP contribution is 2.33. The van der Waals surface area contributed by atoms with E-state index in [0.717, 1.165) is 25.3 Å². The van der Waals surface area contributed by atoms with E-state index in [2.05, 4.69) is 4.72 Å². The molecule has 12 heteroatoms. The van der Waals surface area contributed by atoms with Gasteiger partial charge in [-0.25, -0.2) is 21.6 Å². The molecule has 0 unspecified atom stereocenters. The van der Waals surface area contributed by atoms with Crippen molar-refractivity contribution in [3.05, 3.63) is 48.0 Å². The van der Waals surface area contributed by atoms with Gasteiger partial charge in [-0.3, -0.25) is 4.72 Å². The van der Waals surface area contributed by atoms with Gasteiger partial charge in [0.15, 0.2) is 0 Å². The van der Waals surface area contributed by atoms with Gasteiger partial charge in [0, 0.05) is 19.2 Å². The van der Waals surface area contributed by atoms with Crippen LogP contribution in [0.25, 0.3) is 6.08 Å². The largest absolute Gasteiger partial charge is 0.495 e. The first kappa shape index (κ1) is 25.5. The second-order valence-corrected chi connectivity index (χ2v) is 11.1. The molecule has 10 nitrogen and oxygen atoms in total. The number of ether oxygens (including phenoxy) is 2. The highest BCUT2D eigenvalue weighted by atomic mass is 32.2. The smallest absolute Gasteiger partial charge is 0.328 e. The number of rotatable bonds is 9. The lowest BCUT2D eigenvalue weighted by molar-refractivity contribution is -0.131. The van der Waals surface area contributed by atoms with Crippen LogP contribution >= 0.6 is 0 Å². The number of sulfonamides is 2. The molecule has 1 aliphatic rings. The minimum Gasteiger partial charge on any atom is -0.495 e. The van der Waals surface area contributed by atoms with E-state index in [9.17, 15) is 21.6 Å². The summed E-state index contributed by atoms with van der Waals surface area (Å²) < 4.78 is 66.8. The average molecular weight is 511 g/mol. The molecule has 0 aliphatic carbocycles. The number of nitrogens with one attached hydrogen (secondary N) is 1. The average Bonchev–Trinajstić information content (AvgIpc) is 2.82. The molecule has 0 spiro atoms. The van der Waals surface area contributed by atoms with Crippen LogP contribution < -0.4 is 14.2 Å². The summed E-state index contributed by atoms with van der Waals surface area (Å²) in [5, 5.41) is 8.83. The number of nitrogens with zero attached hydrogens (tertiary/aromatic N) is 1. The van der Waals surface area contributed by atoms with E-state index < -0.39 is 26.0 Å². The van der Waals surface area contributed by atoms with Crippen LogP contribution in [0.15, 0.2) is 52.3 Å². The van der Waals surface area contributed by atoms with Crippen molar-refractivity contribution < 1.29 is 36.2 Å². The molecule has 1 fully saturated rings. The third-order valence-corrected chi connectivity index (χ3v) is 8.54.